The summed E-state index contributed by atoms with van der Waals surface area (Å²) in [5.41, 5.74) is 1.39. The third-order valence-corrected chi connectivity index (χ3v) is 10.2. The van der Waals surface area contributed by atoms with Gasteiger partial charge >= 0.3 is 0 Å². The summed E-state index contributed by atoms with van der Waals surface area (Å²) in [5.74, 6) is 4.20. The van der Waals surface area contributed by atoms with Crippen LogP contribution in [0.15, 0.2) is 24.3 Å². The molecule has 7 fully saturated rings. The van der Waals surface area contributed by atoms with Crippen LogP contribution < -0.4 is 4.74 Å². The topological polar surface area (TPSA) is 36.9 Å². The fraction of sp³-hybridized carbons (Fsp3) is 0.793. The second-order valence-electron chi connectivity index (χ2n) is 12.6. The third-order valence-electron chi connectivity index (χ3n) is 10.2. The van der Waals surface area contributed by atoms with Crippen LogP contribution >= 0.6 is 0 Å². The highest BCUT2D eigenvalue weighted by molar-refractivity contribution is 5.30. The van der Waals surface area contributed by atoms with E-state index in [-0.39, 0.29) is 0 Å². The van der Waals surface area contributed by atoms with Gasteiger partial charge in [0.05, 0.1) is 6.10 Å². The molecule has 1 aromatic rings. The number of hydrogen-bond acceptors (Lipinski definition) is 4. The Morgan fingerprint density at radius 2 is 1.52 bits per heavy atom. The second-order valence-corrected chi connectivity index (χ2v) is 12.6. The lowest BCUT2D eigenvalue weighted by atomic mass is 9.53. The molecule has 7 aliphatic rings. The molecule has 1 unspecified atom stereocenters. The van der Waals surface area contributed by atoms with E-state index >= 15 is 0 Å². The predicted octanol–water partition coefficient (Wildman–Crippen LogP) is 7.13. The summed E-state index contributed by atoms with van der Waals surface area (Å²) in [6.45, 7) is 2.36. The fourth-order valence-electron chi connectivity index (χ4n) is 8.62. The molecular formula is C29H40O4. The molecule has 0 amide bonds. The molecule has 2 atom stereocenters. The summed E-state index contributed by atoms with van der Waals surface area (Å²) in [6, 6.07) is 8.92. The van der Waals surface area contributed by atoms with E-state index in [1.165, 1.54) is 69.8 Å². The van der Waals surface area contributed by atoms with E-state index in [1.54, 1.807) is 0 Å². The molecule has 1 aromatic carbocycles. The Labute approximate surface area is 198 Å². The van der Waals surface area contributed by atoms with Crippen LogP contribution in [0.5, 0.6) is 5.75 Å². The molecule has 6 saturated carbocycles. The van der Waals surface area contributed by atoms with Gasteiger partial charge in [-0.25, -0.2) is 0 Å². The lowest BCUT2D eigenvalue weighted by molar-refractivity contribution is -0.390. The Morgan fingerprint density at radius 1 is 0.818 bits per heavy atom. The van der Waals surface area contributed by atoms with E-state index in [0.29, 0.717) is 23.9 Å². The molecule has 0 radical (unpaired) electrons. The van der Waals surface area contributed by atoms with Crippen molar-refractivity contribution in [1.82, 2.24) is 0 Å². The summed E-state index contributed by atoms with van der Waals surface area (Å²) in [5, 5.41) is 0. The van der Waals surface area contributed by atoms with Crippen LogP contribution in [0, 0.1) is 29.6 Å². The Hall–Kier alpha value is -1.10. The highest BCUT2D eigenvalue weighted by Crippen LogP contribution is 2.64. The maximum Gasteiger partial charge on any atom is 0.210 e. The molecule has 1 heterocycles. The Bertz CT molecular complexity index is 829. The average Bonchev–Trinajstić information content (AvgIpc) is 3.18. The molecule has 0 N–H and O–H groups in total. The molecule has 33 heavy (non-hydrogen) atoms. The van der Waals surface area contributed by atoms with Gasteiger partial charge in [-0.3, -0.25) is 0 Å². The zero-order chi connectivity index (χ0) is 22.0. The smallest absolute Gasteiger partial charge is 0.210 e. The first-order chi connectivity index (χ1) is 16.1. The van der Waals surface area contributed by atoms with E-state index in [2.05, 4.69) is 31.2 Å². The summed E-state index contributed by atoms with van der Waals surface area (Å²) in [6.07, 6.45) is 16.1. The first-order valence-corrected chi connectivity index (χ1v) is 13.9. The molecule has 4 bridgehead atoms. The monoisotopic (exact) mass is 452 g/mol. The van der Waals surface area contributed by atoms with E-state index in [9.17, 15) is 0 Å². The molecule has 4 nitrogen and oxygen atoms in total. The first kappa shape index (κ1) is 21.2. The molecule has 1 saturated heterocycles. The summed E-state index contributed by atoms with van der Waals surface area (Å²) in [7, 11) is 0. The van der Waals surface area contributed by atoms with Crippen molar-refractivity contribution in [2.75, 3.05) is 0 Å². The van der Waals surface area contributed by atoms with Gasteiger partial charge in [0, 0.05) is 24.7 Å². The molecule has 4 heteroatoms. The van der Waals surface area contributed by atoms with Gasteiger partial charge in [0.15, 0.2) is 0 Å². The van der Waals surface area contributed by atoms with Crippen molar-refractivity contribution in [2.24, 2.45) is 29.6 Å². The number of ether oxygens (including phenoxy) is 2. The first-order valence-electron chi connectivity index (χ1n) is 13.9. The van der Waals surface area contributed by atoms with Crippen LogP contribution in [0.25, 0.3) is 0 Å². The SMILES string of the molecule is CC1CCC(Oc2ccc(C3CCC[C@]4(C3)OOC3(O4)C4CC5CC(C4)CC3C5)cc2)CC1. The molecule has 180 valence electrons. The summed E-state index contributed by atoms with van der Waals surface area (Å²) in [4.78, 5) is 12.5. The standard InChI is InChI=1S/C29H40O4/c1-19-4-8-26(9-5-19)30-27-10-6-22(7-11-27)23-3-2-12-28(18-23)31-29(33-32-28)24-14-20-13-21(16-24)17-25(29)15-20/h6-7,10-11,19-21,23-26H,2-5,8-9,12-18H2,1H3/t19?,20?,21?,23?,24?,25?,26?,28-,29?/m1/s1. The number of benzene rings is 1. The van der Waals surface area contributed by atoms with Gasteiger partial charge in [0.2, 0.25) is 11.6 Å². The highest BCUT2D eigenvalue weighted by atomic mass is 17.3. The van der Waals surface area contributed by atoms with Gasteiger partial charge < -0.3 is 9.47 Å². The fourth-order valence-corrected chi connectivity index (χ4v) is 8.62. The lowest BCUT2D eigenvalue weighted by Gasteiger charge is -2.57. The van der Waals surface area contributed by atoms with Crippen molar-refractivity contribution in [2.45, 2.75) is 114 Å². The van der Waals surface area contributed by atoms with E-state index in [4.69, 9.17) is 19.2 Å². The minimum Gasteiger partial charge on any atom is -0.490 e. The lowest BCUT2D eigenvalue weighted by Crippen LogP contribution is -2.59. The Balaban J connectivity index is 1.03. The largest absolute Gasteiger partial charge is 0.490 e. The molecule has 2 spiro atoms. The minimum atomic E-state index is -0.549. The third kappa shape index (κ3) is 3.67. The second kappa shape index (κ2) is 7.96. The van der Waals surface area contributed by atoms with Gasteiger partial charge in [-0.05, 0) is 112 Å². The van der Waals surface area contributed by atoms with Crippen LogP contribution in [-0.4, -0.2) is 17.7 Å². The van der Waals surface area contributed by atoms with Crippen LogP contribution in [0.4, 0.5) is 0 Å². The van der Waals surface area contributed by atoms with Gasteiger partial charge in [-0.2, -0.15) is 9.78 Å². The van der Waals surface area contributed by atoms with E-state index in [1.807, 2.05) is 0 Å². The van der Waals surface area contributed by atoms with Gasteiger partial charge in [0.25, 0.3) is 0 Å². The normalized spacial score (nSPS) is 48.6. The highest BCUT2D eigenvalue weighted by Gasteiger charge is 2.67. The molecular weight excluding hydrogens is 412 g/mol. The van der Waals surface area contributed by atoms with Crippen molar-refractivity contribution >= 4 is 0 Å². The zero-order valence-electron chi connectivity index (χ0n) is 20.2. The van der Waals surface area contributed by atoms with Gasteiger partial charge in [-0.15, -0.1) is 0 Å². The van der Waals surface area contributed by atoms with Crippen molar-refractivity contribution in [1.29, 1.82) is 0 Å². The number of rotatable bonds is 3. The summed E-state index contributed by atoms with van der Waals surface area (Å²) >= 11 is 0. The molecule has 6 aliphatic carbocycles. The van der Waals surface area contributed by atoms with Crippen molar-refractivity contribution < 1.29 is 19.2 Å². The number of hydrogen-bond donors (Lipinski definition) is 0. The van der Waals surface area contributed by atoms with Crippen LogP contribution in [0.3, 0.4) is 0 Å². The van der Waals surface area contributed by atoms with Crippen LogP contribution in [0.2, 0.25) is 0 Å². The maximum atomic E-state index is 6.97. The van der Waals surface area contributed by atoms with Crippen LogP contribution in [-0.2, 0) is 14.5 Å². The maximum absolute atomic E-state index is 6.97. The van der Waals surface area contributed by atoms with Gasteiger partial charge in [0.1, 0.15) is 5.75 Å². The van der Waals surface area contributed by atoms with Crippen molar-refractivity contribution in [3.8, 4) is 5.75 Å². The molecule has 1 aliphatic heterocycles. The summed E-state index contributed by atoms with van der Waals surface area (Å²) < 4.78 is 13.3. The quantitative estimate of drug-likeness (QED) is 0.457. The zero-order valence-corrected chi connectivity index (χ0v) is 20.2. The van der Waals surface area contributed by atoms with Crippen molar-refractivity contribution in [3.63, 3.8) is 0 Å². The van der Waals surface area contributed by atoms with E-state index < -0.39 is 11.6 Å². The minimum absolute atomic E-state index is 0.389. The van der Waals surface area contributed by atoms with Crippen LogP contribution in [0.1, 0.15) is 102 Å². The Kier molecular flexibility index (Phi) is 5.12. The average molecular weight is 453 g/mol. The predicted molar refractivity (Wildman–Crippen MR) is 125 cm³/mol. The van der Waals surface area contributed by atoms with E-state index in [0.717, 1.165) is 42.8 Å². The Morgan fingerprint density at radius 3 is 2.21 bits per heavy atom. The van der Waals surface area contributed by atoms with Gasteiger partial charge in [-0.1, -0.05) is 19.1 Å². The molecule has 0 aromatic heterocycles. The van der Waals surface area contributed by atoms with Crippen molar-refractivity contribution in [3.05, 3.63) is 29.8 Å². The molecule has 8 rings (SSSR count).